The zero-order chi connectivity index (χ0) is 19.4. The van der Waals surface area contributed by atoms with E-state index in [9.17, 15) is 22.4 Å². The SMILES string of the molecule is O=C(NCc1ccc(F)cc1)N1CCC(Oc2cc(C(F)(F)F)ccn2)C1. The number of amides is 2. The van der Waals surface area contributed by atoms with Crippen molar-refractivity contribution in [2.75, 3.05) is 13.1 Å². The van der Waals surface area contributed by atoms with Gasteiger partial charge in [-0.25, -0.2) is 14.2 Å². The molecule has 27 heavy (non-hydrogen) atoms. The van der Waals surface area contributed by atoms with Gasteiger partial charge in [0.2, 0.25) is 5.88 Å². The number of nitrogens with zero attached hydrogens (tertiary/aromatic N) is 2. The van der Waals surface area contributed by atoms with Crippen LogP contribution in [0, 0.1) is 5.82 Å². The summed E-state index contributed by atoms with van der Waals surface area (Å²) >= 11 is 0. The van der Waals surface area contributed by atoms with Crippen LogP contribution in [-0.2, 0) is 12.7 Å². The lowest BCUT2D eigenvalue weighted by Crippen LogP contribution is -2.39. The van der Waals surface area contributed by atoms with E-state index in [0.29, 0.717) is 13.0 Å². The Morgan fingerprint density at radius 1 is 1.26 bits per heavy atom. The third-order valence-corrected chi connectivity index (χ3v) is 4.14. The van der Waals surface area contributed by atoms with Gasteiger partial charge in [0.25, 0.3) is 0 Å². The van der Waals surface area contributed by atoms with Gasteiger partial charge in [-0.3, -0.25) is 0 Å². The van der Waals surface area contributed by atoms with E-state index in [-0.39, 0.29) is 30.8 Å². The fourth-order valence-corrected chi connectivity index (χ4v) is 2.72. The molecule has 1 aliphatic heterocycles. The predicted molar refractivity (Wildman–Crippen MR) is 88.5 cm³/mol. The standard InChI is InChI=1S/C18H17F4N3O2/c19-14-3-1-12(2-4-14)10-24-17(26)25-8-6-15(11-25)27-16-9-13(5-7-23-16)18(20,21)22/h1-5,7,9,15H,6,8,10-11H2,(H,24,26). The van der Waals surface area contributed by atoms with E-state index in [2.05, 4.69) is 10.3 Å². The highest BCUT2D eigenvalue weighted by molar-refractivity contribution is 5.74. The van der Waals surface area contributed by atoms with Crippen molar-refractivity contribution in [3.05, 3.63) is 59.5 Å². The number of urea groups is 1. The van der Waals surface area contributed by atoms with E-state index in [1.165, 1.54) is 17.0 Å². The number of benzene rings is 1. The molecule has 1 aromatic carbocycles. The molecule has 2 heterocycles. The first kappa shape index (κ1) is 18.9. The molecule has 9 heteroatoms. The van der Waals surface area contributed by atoms with Gasteiger partial charge in [0.15, 0.2) is 0 Å². The number of ether oxygens (including phenoxy) is 1. The maximum Gasteiger partial charge on any atom is 0.416 e. The van der Waals surface area contributed by atoms with Crippen molar-refractivity contribution in [3.8, 4) is 5.88 Å². The van der Waals surface area contributed by atoms with Crippen LogP contribution in [0.1, 0.15) is 17.5 Å². The Labute approximate surface area is 153 Å². The molecule has 1 saturated heterocycles. The molecule has 144 valence electrons. The number of nitrogens with one attached hydrogen (secondary N) is 1. The van der Waals surface area contributed by atoms with Gasteiger partial charge in [-0.15, -0.1) is 0 Å². The summed E-state index contributed by atoms with van der Waals surface area (Å²) in [6.45, 7) is 0.905. The molecule has 2 amide bonds. The largest absolute Gasteiger partial charge is 0.472 e. The van der Waals surface area contributed by atoms with Gasteiger partial charge in [0.05, 0.1) is 12.1 Å². The van der Waals surface area contributed by atoms with E-state index < -0.39 is 17.8 Å². The van der Waals surface area contributed by atoms with Crippen molar-refractivity contribution in [1.29, 1.82) is 0 Å². The minimum atomic E-state index is -4.47. The molecule has 1 fully saturated rings. The molecule has 5 nitrogen and oxygen atoms in total. The molecule has 0 radical (unpaired) electrons. The lowest BCUT2D eigenvalue weighted by atomic mass is 10.2. The van der Waals surface area contributed by atoms with Gasteiger partial charge in [0, 0.05) is 31.8 Å². The number of alkyl halides is 3. The second-order valence-corrected chi connectivity index (χ2v) is 6.14. The van der Waals surface area contributed by atoms with Crippen molar-refractivity contribution in [1.82, 2.24) is 15.2 Å². The van der Waals surface area contributed by atoms with E-state index in [0.717, 1.165) is 23.9 Å². The summed E-state index contributed by atoms with van der Waals surface area (Å²) in [5.41, 5.74) is -0.0793. The maximum atomic E-state index is 12.9. The van der Waals surface area contributed by atoms with Crippen molar-refractivity contribution >= 4 is 6.03 Å². The lowest BCUT2D eigenvalue weighted by molar-refractivity contribution is -0.137. The molecule has 2 aromatic rings. The highest BCUT2D eigenvalue weighted by Gasteiger charge is 2.32. The Hall–Kier alpha value is -2.84. The zero-order valence-electron chi connectivity index (χ0n) is 14.2. The third kappa shape index (κ3) is 5.08. The van der Waals surface area contributed by atoms with Crippen molar-refractivity contribution in [2.24, 2.45) is 0 Å². The number of carbonyl (C=O) groups is 1. The number of rotatable bonds is 4. The molecule has 0 aliphatic carbocycles. The number of hydrogen-bond donors (Lipinski definition) is 1. The number of aromatic nitrogens is 1. The van der Waals surface area contributed by atoms with Gasteiger partial charge in [-0.2, -0.15) is 13.2 Å². The summed E-state index contributed by atoms with van der Waals surface area (Å²) in [5, 5.41) is 2.72. The van der Waals surface area contributed by atoms with Crippen LogP contribution < -0.4 is 10.1 Å². The monoisotopic (exact) mass is 383 g/mol. The Bertz CT molecular complexity index is 796. The van der Waals surface area contributed by atoms with Crippen LogP contribution in [0.15, 0.2) is 42.6 Å². The van der Waals surface area contributed by atoms with Crippen molar-refractivity contribution < 1.29 is 27.1 Å². The van der Waals surface area contributed by atoms with Crippen LogP contribution >= 0.6 is 0 Å². The molecule has 1 unspecified atom stereocenters. The summed E-state index contributed by atoms with van der Waals surface area (Å²) in [6, 6.07) is 7.17. The topological polar surface area (TPSA) is 54.5 Å². The molecule has 1 N–H and O–H groups in total. The smallest absolute Gasteiger partial charge is 0.416 e. The number of likely N-dealkylation sites (tertiary alicyclic amines) is 1. The molecule has 0 saturated carbocycles. The average Bonchev–Trinajstić information content (AvgIpc) is 3.09. The van der Waals surface area contributed by atoms with Gasteiger partial charge in [-0.05, 0) is 23.8 Å². The molecule has 0 bridgehead atoms. The highest BCUT2D eigenvalue weighted by atomic mass is 19.4. The minimum absolute atomic E-state index is 0.122. The molecular weight excluding hydrogens is 366 g/mol. The van der Waals surface area contributed by atoms with Crippen LogP contribution in [0.25, 0.3) is 0 Å². The van der Waals surface area contributed by atoms with Crippen molar-refractivity contribution in [3.63, 3.8) is 0 Å². The zero-order valence-corrected chi connectivity index (χ0v) is 14.2. The van der Waals surface area contributed by atoms with Crippen LogP contribution in [0.5, 0.6) is 5.88 Å². The number of pyridine rings is 1. The minimum Gasteiger partial charge on any atom is -0.472 e. The second-order valence-electron chi connectivity index (χ2n) is 6.14. The van der Waals surface area contributed by atoms with Gasteiger partial charge >= 0.3 is 12.2 Å². The summed E-state index contributed by atoms with van der Waals surface area (Å²) in [7, 11) is 0. The summed E-state index contributed by atoms with van der Waals surface area (Å²) in [6.07, 6.45) is -3.37. The summed E-state index contributed by atoms with van der Waals surface area (Å²) in [4.78, 5) is 17.5. The second kappa shape index (κ2) is 7.81. The van der Waals surface area contributed by atoms with Gasteiger partial charge in [0.1, 0.15) is 11.9 Å². The fourth-order valence-electron chi connectivity index (χ4n) is 2.72. The molecular formula is C18H17F4N3O2. The summed E-state index contributed by atoms with van der Waals surface area (Å²) < 4.78 is 56.6. The first-order chi connectivity index (χ1) is 12.8. The third-order valence-electron chi connectivity index (χ3n) is 4.14. The Morgan fingerprint density at radius 3 is 2.70 bits per heavy atom. The highest BCUT2D eigenvalue weighted by Crippen LogP contribution is 2.31. The van der Waals surface area contributed by atoms with E-state index in [1.807, 2.05) is 0 Å². The first-order valence-electron chi connectivity index (χ1n) is 8.28. The molecule has 3 rings (SSSR count). The molecule has 0 spiro atoms. The summed E-state index contributed by atoms with van der Waals surface area (Å²) in [5.74, 6) is -0.476. The van der Waals surface area contributed by atoms with Gasteiger partial charge in [-0.1, -0.05) is 12.1 Å². The lowest BCUT2D eigenvalue weighted by Gasteiger charge is -2.18. The Balaban J connectivity index is 1.51. The number of halogens is 4. The molecule has 1 aliphatic rings. The Kier molecular flexibility index (Phi) is 5.48. The van der Waals surface area contributed by atoms with E-state index >= 15 is 0 Å². The number of hydrogen-bond acceptors (Lipinski definition) is 3. The molecule has 1 aromatic heterocycles. The van der Waals surface area contributed by atoms with Crippen LogP contribution in [0.3, 0.4) is 0 Å². The maximum absolute atomic E-state index is 12.9. The van der Waals surface area contributed by atoms with E-state index in [4.69, 9.17) is 4.74 Å². The Morgan fingerprint density at radius 2 is 2.00 bits per heavy atom. The normalized spacial score (nSPS) is 17.0. The fraction of sp³-hybridized carbons (Fsp3) is 0.333. The predicted octanol–water partition coefficient (Wildman–Crippen LogP) is 3.60. The number of carbonyl (C=O) groups excluding carboxylic acids is 1. The van der Waals surface area contributed by atoms with Crippen LogP contribution in [0.4, 0.5) is 22.4 Å². The van der Waals surface area contributed by atoms with Crippen molar-refractivity contribution in [2.45, 2.75) is 25.2 Å². The first-order valence-corrected chi connectivity index (χ1v) is 8.28. The van der Waals surface area contributed by atoms with Crippen LogP contribution in [-0.4, -0.2) is 35.1 Å². The average molecular weight is 383 g/mol. The molecule has 1 atom stereocenters. The van der Waals surface area contributed by atoms with Crippen LogP contribution in [0.2, 0.25) is 0 Å². The van der Waals surface area contributed by atoms with Gasteiger partial charge < -0.3 is 15.0 Å². The van der Waals surface area contributed by atoms with E-state index in [1.54, 1.807) is 12.1 Å². The quantitative estimate of drug-likeness (QED) is 0.821.